The SMILES string of the molecule is COc1ccc(C)cc1C(C)NCC1CCCC1C. The lowest BCUT2D eigenvalue weighted by atomic mass is 9.97. The largest absolute Gasteiger partial charge is 0.496 e. The number of hydrogen-bond acceptors (Lipinski definition) is 2. The van der Waals surface area contributed by atoms with Gasteiger partial charge in [-0.15, -0.1) is 0 Å². The molecule has 0 heterocycles. The molecule has 1 aromatic carbocycles. The van der Waals surface area contributed by atoms with E-state index >= 15 is 0 Å². The fraction of sp³-hybridized carbons (Fsp3) is 0.647. The van der Waals surface area contributed by atoms with Gasteiger partial charge in [0.1, 0.15) is 5.75 Å². The van der Waals surface area contributed by atoms with Gasteiger partial charge in [0.25, 0.3) is 0 Å². The zero-order valence-corrected chi connectivity index (χ0v) is 12.7. The van der Waals surface area contributed by atoms with Gasteiger partial charge in [-0.05, 0) is 44.7 Å². The highest BCUT2D eigenvalue weighted by Crippen LogP contribution is 2.32. The summed E-state index contributed by atoms with van der Waals surface area (Å²) in [5, 5.41) is 3.69. The van der Waals surface area contributed by atoms with Crippen molar-refractivity contribution in [3.05, 3.63) is 29.3 Å². The molecule has 2 rings (SSSR count). The van der Waals surface area contributed by atoms with Crippen molar-refractivity contribution in [2.75, 3.05) is 13.7 Å². The molecule has 3 unspecified atom stereocenters. The standard InChI is InChI=1S/C17H27NO/c1-12-8-9-17(19-4)16(10-12)14(3)18-11-15-7-5-6-13(15)2/h8-10,13-15,18H,5-7,11H2,1-4H3. The van der Waals surface area contributed by atoms with Crippen molar-refractivity contribution in [2.45, 2.75) is 46.1 Å². The lowest BCUT2D eigenvalue weighted by molar-refractivity contribution is 0.365. The van der Waals surface area contributed by atoms with Crippen molar-refractivity contribution in [1.82, 2.24) is 5.32 Å². The fourth-order valence-corrected chi connectivity index (χ4v) is 3.16. The van der Waals surface area contributed by atoms with Gasteiger partial charge in [-0.2, -0.15) is 0 Å². The first-order valence-electron chi connectivity index (χ1n) is 7.49. The summed E-state index contributed by atoms with van der Waals surface area (Å²) < 4.78 is 5.47. The molecule has 3 atom stereocenters. The van der Waals surface area contributed by atoms with Crippen molar-refractivity contribution < 1.29 is 4.74 Å². The van der Waals surface area contributed by atoms with Crippen LogP contribution in [0.5, 0.6) is 5.75 Å². The Balaban J connectivity index is 1.99. The first kappa shape index (κ1) is 14.4. The highest BCUT2D eigenvalue weighted by molar-refractivity contribution is 5.38. The van der Waals surface area contributed by atoms with Crippen LogP contribution in [0.2, 0.25) is 0 Å². The molecule has 19 heavy (non-hydrogen) atoms. The van der Waals surface area contributed by atoms with E-state index in [2.05, 4.69) is 44.3 Å². The Morgan fingerprint density at radius 2 is 2.16 bits per heavy atom. The second-order valence-corrected chi connectivity index (χ2v) is 6.04. The average Bonchev–Trinajstić information content (AvgIpc) is 2.81. The van der Waals surface area contributed by atoms with Crippen LogP contribution in [-0.4, -0.2) is 13.7 Å². The van der Waals surface area contributed by atoms with Crippen LogP contribution < -0.4 is 10.1 Å². The van der Waals surface area contributed by atoms with Crippen LogP contribution in [-0.2, 0) is 0 Å². The molecule has 0 aliphatic heterocycles. The summed E-state index contributed by atoms with van der Waals surface area (Å²) in [7, 11) is 1.75. The molecule has 0 spiro atoms. The maximum atomic E-state index is 5.47. The van der Waals surface area contributed by atoms with Gasteiger partial charge in [0.2, 0.25) is 0 Å². The number of hydrogen-bond donors (Lipinski definition) is 1. The highest BCUT2D eigenvalue weighted by atomic mass is 16.5. The Kier molecular flexibility index (Phi) is 4.87. The molecular formula is C17H27NO. The van der Waals surface area contributed by atoms with Gasteiger partial charge < -0.3 is 10.1 Å². The topological polar surface area (TPSA) is 21.3 Å². The predicted molar refractivity (Wildman–Crippen MR) is 80.7 cm³/mol. The van der Waals surface area contributed by atoms with Gasteiger partial charge in [-0.1, -0.05) is 37.5 Å². The van der Waals surface area contributed by atoms with E-state index in [0.717, 1.165) is 24.1 Å². The molecule has 0 radical (unpaired) electrons. The van der Waals surface area contributed by atoms with Gasteiger partial charge >= 0.3 is 0 Å². The van der Waals surface area contributed by atoms with Crippen LogP contribution in [0.1, 0.15) is 50.3 Å². The first-order valence-corrected chi connectivity index (χ1v) is 7.49. The van der Waals surface area contributed by atoms with E-state index in [0.29, 0.717) is 6.04 Å². The molecule has 1 N–H and O–H groups in total. The van der Waals surface area contributed by atoms with E-state index in [-0.39, 0.29) is 0 Å². The van der Waals surface area contributed by atoms with Gasteiger partial charge in [0.15, 0.2) is 0 Å². The minimum Gasteiger partial charge on any atom is -0.496 e. The normalized spacial score (nSPS) is 24.4. The summed E-state index contributed by atoms with van der Waals surface area (Å²) in [5.74, 6) is 2.71. The zero-order chi connectivity index (χ0) is 13.8. The second-order valence-electron chi connectivity index (χ2n) is 6.04. The molecule has 2 nitrogen and oxygen atoms in total. The maximum absolute atomic E-state index is 5.47. The molecule has 1 fully saturated rings. The van der Waals surface area contributed by atoms with E-state index in [4.69, 9.17) is 4.74 Å². The Morgan fingerprint density at radius 3 is 2.79 bits per heavy atom. The van der Waals surface area contributed by atoms with Crippen molar-refractivity contribution in [1.29, 1.82) is 0 Å². The molecule has 0 bridgehead atoms. The van der Waals surface area contributed by atoms with Gasteiger partial charge in [-0.25, -0.2) is 0 Å². The number of benzene rings is 1. The first-order chi connectivity index (χ1) is 9.11. The summed E-state index contributed by atoms with van der Waals surface area (Å²) in [6.07, 6.45) is 4.18. The minimum atomic E-state index is 0.350. The van der Waals surface area contributed by atoms with Crippen molar-refractivity contribution in [3.8, 4) is 5.75 Å². The summed E-state index contributed by atoms with van der Waals surface area (Å²) in [4.78, 5) is 0. The smallest absolute Gasteiger partial charge is 0.123 e. The highest BCUT2D eigenvalue weighted by Gasteiger charge is 2.23. The molecule has 1 aliphatic rings. The third-order valence-corrected chi connectivity index (χ3v) is 4.58. The van der Waals surface area contributed by atoms with Crippen LogP contribution in [0, 0.1) is 18.8 Å². The second kappa shape index (κ2) is 6.42. The van der Waals surface area contributed by atoms with Crippen LogP contribution in [0.25, 0.3) is 0 Å². The molecule has 1 saturated carbocycles. The average molecular weight is 261 g/mol. The Morgan fingerprint density at radius 1 is 1.37 bits per heavy atom. The molecule has 0 saturated heterocycles. The number of ether oxygens (including phenoxy) is 1. The van der Waals surface area contributed by atoms with Crippen LogP contribution in [0.15, 0.2) is 18.2 Å². The lowest BCUT2D eigenvalue weighted by Gasteiger charge is -2.22. The van der Waals surface area contributed by atoms with Crippen LogP contribution in [0.3, 0.4) is 0 Å². The lowest BCUT2D eigenvalue weighted by Crippen LogP contribution is -2.27. The monoisotopic (exact) mass is 261 g/mol. The summed E-state index contributed by atoms with van der Waals surface area (Å²) in [6, 6.07) is 6.76. The molecule has 2 heteroatoms. The summed E-state index contributed by atoms with van der Waals surface area (Å²) >= 11 is 0. The van der Waals surface area contributed by atoms with Crippen molar-refractivity contribution in [3.63, 3.8) is 0 Å². The maximum Gasteiger partial charge on any atom is 0.123 e. The van der Waals surface area contributed by atoms with E-state index in [1.54, 1.807) is 7.11 Å². The van der Waals surface area contributed by atoms with Gasteiger partial charge in [0, 0.05) is 11.6 Å². The Bertz CT molecular complexity index is 416. The van der Waals surface area contributed by atoms with E-state index in [1.165, 1.54) is 30.4 Å². The summed E-state index contributed by atoms with van der Waals surface area (Å²) in [5.41, 5.74) is 2.56. The number of aryl methyl sites for hydroxylation is 1. The van der Waals surface area contributed by atoms with Crippen molar-refractivity contribution in [2.24, 2.45) is 11.8 Å². The number of nitrogens with one attached hydrogen (secondary N) is 1. The molecule has 1 aliphatic carbocycles. The van der Waals surface area contributed by atoms with Gasteiger partial charge in [-0.3, -0.25) is 0 Å². The van der Waals surface area contributed by atoms with Gasteiger partial charge in [0.05, 0.1) is 7.11 Å². The molecular weight excluding hydrogens is 234 g/mol. The molecule has 106 valence electrons. The van der Waals surface area contributed by atoms with Crippen molar-refractivity contribution >= 4 is 0 Å². The predicted octanol–water partition coefficient (Wildman–Crippen LogP) is 4.09. The number of rotatable bonds is 5. The summed E-state index contributed by atoms with van der Waals surface area (Å²) in [6.45, 7) is 7.88. The molecule has 0 aromatic heterocycles. The number of methoxy groups -OCH3 is 1. The van der Waals surface area contributed by atoms with Crippen LogP contribution in [0.4, 0.5) is 0 Å². The molecule has 1 aromatic rings. The van der Waals surface area contributed by atoms with Crippen LogP contribution >= 0.6 is 0 Å². The third kappa shape index (κ3) is 3.50. The quantitative estimate of drug-likeness (QED) is 0.862. The van der Waals surface area contributed by atoms with E-state index in [1.807, 2.05) is 0 Å². The van der Waals surface area contributed by atoms with E-state index < -0.39 is 0 Å². The van der Waals surface area contributed by atoms with E-state index in [9.17, 15) is 0 Å². The Hall–Kier alpha value is -1.02. The fourth-order valence-electron chi connectivity index (χ4n) is 3.16. The Labute approximate surface area is 117 Å². The minimum absolute atomic E-state index is 0.350. The third-order valence-electron chi connectivity index (χ3n) is 4.58. The molecule has 0 amide bonds. The zero-order valence-electron chi connectivity index (χ0n) is 12.7.